The molecule has 2 N–H and O–H groups in total. The average molecular weight is 532 g/mol. The van der Waals surface area contributed by atoms with Crippen LogP contribution in [-0.2, 0) is 20.8 Å². The third-order valence-corrected chi connectivity index (χ3v) is 5.37. The predicted octanol–water partition coefficient (Wildman–Crippen LogP) is 5.23. The summed E-state index contributed by atoms with van der Waals surface area (Å²) < 4.78 is 6.43. The number of hydrogen-bond donors (Lipinski definition) is 2. The SMILES string of the molecule is CC(C)C(=O)Nc1ccc(Oc2c(Cl)cc(CC(=O)N(C)CC(=O)O)cc2Cl)cc1Br. The second-order valence-corrected chi connectivity index (χ2v) is 8.77. The summed E-state index contributed by atoms with van der Waals surface area (Å²) in [5.74, 6) is -1.11. The van der Waals surface area contributed by atoms with Crippen LogP contribution in [0.1, 0.15) is 19.4 Å². The molecule has 2 aromatic carbocycles. The molecule has 0 aliphatic rings. The molecule has 2 rings (SSSR count). The Morgan fingerprint density at radius 3 is 2.29 bits per heavy atom. The molecule has 2 aromatic rings. The van der Waals surface area contributed by atoms with Crippen molar-refractivity contribution in [2.45, 2.75) is 20.3 Å². The van der Waals surface area contributed by atoms with Crippen LogP contribution < -0.4 is 10.1 Å². The second-order valence-electron chi connectivity index (χ2n) is 7.10. The van der Waals surface area contributed by atoms with Crippen molar-refractivity contribution in [2.75, 3.05) is 18.9 Å². The predicted molar refractivity (Wildman–Crippen MR) is 123 cm³/mol. The highest BCUT2D eigenvalue weighted by Gasteiger charge is 2.17. The Labute approximate surface area is 198 Å². The van der Waals surface area contributed by atoms with Crippen molar-refractivity contribution in [1.29, 1.82) is 0 Å². The number of likely N-dealkylation sites (N-methyl/N-ethyl adjacent to an activating group) is 1. The van der Waals surface area contributed by atoms with Gasteiger partial charge in [0.15, 0.2) is 5.75 Å². The largest absolute Gasteiger partial charge is 0.480 e. The molecule has 0 aromatic heterocycles. The van der Waals surface area contributed by atoms with Crippen LogP contribution in [0.5, 0.6) is 11.5 Å². The van der Waals surface area contributed by atoms with Crippen molar-refractivity contribution in [3.63, 3.8) is 0 Å². The van der Waals surface area contributed by atoms with E-state index in [1.165, 1.54) is 7.05 Å². The maximum atomic E-state index is 12.1. The second kappa shape index (κ2) is 10.8. The third-order valence-electron chi connectivity index (χ3n) is 4.15. The number of carboxylic acid groups (broad SMARTS) is 1. The maximum absolute atomic E-state index is 12.1. The number of halogens is 3. The van der Waals surface area contributed by atoms with E-state index >= 15 is 0 Å². The van der Waals surface area contributed by atoms with Gasteiger partial charge in [0.05, 0.1) is 22.2 Å². The molecule has 0 atom stereocenters. The van der Waals surface area contributed by atoms with Gasteiger partial charge in [-0.15, -0.1) is 0 Å². The Bertz CT molecular complexity index is 990. The van der Waals surface area contributed by atoms with Crippen LogP contribution >= 0.6 is 39.1 Å². The topological polar surface area (TPSA) is 95.9 Å². The zero-order valence-electron chi connectivity index (χ0n) is 17.0. The zero-order chi connectivity index (χ0) is 23.3. The number of aliphatic carboxylic acids is 1. The molecule has 7 nitrogen and oxygen atoms in total. The normalized spacial score (nSPS) is 10.7. The van der Waals surface area contributed by atoms with Gasteiger partial charge in [-0.25, -0.2) is 0 Å². The lowest BCUT2D eigenvalue weighted by Crippen LogP contribution is -2.33. The zero-order valence-corrected chi connectivity index (χ0v) is 20.1. The fourth-order valence-corrected chi connectivity index (χ4v) is 3.53. The van der Waals surface area contributed by atoms with E-state index in [1.807, 2.05) is 0 Å². The summed E-state index contributed by atoms with van der Waals surface area (Å²) in [4.78, 5) is 35.9. The van der Waals surface area contributed by atoms with Gasteiger partial charge in [-0.05, 0) is 51.8 Å². The van der Waals surface area contributed by atoms with Crippen molar-refractivity contribution >= 4 is 62.6 Å². The highest BCUT2D eigenvalue weighted by molar-refractivity contribution is 9.10. The van der Waals surface area contributed by atoms with Crippen molar-refractivity contribution in [3.05, 3.63) is 50.4 Å². The lowest BCUT2D eigenvalue weighted by molar-refractivity contribution is -0.143. The molecule has 0 aliphatic heterocycles. The average Bonchev–Trinajstić information content (AvgIpc) is 2.66. The standard InChI is InChI=1S/C21H21BrCl2N2O5/c1-11(2)21(30)25-17-5-4-13(9-14(17)22)31-20-15(23)6-12(7-16(20)24)8-18(27)26(3)10-19(28)29/h4-7,9,11H,8,10H2,1-3H3,(H,25,30)(H,28,29). The Kier molecular flexibility index (Phi) is 8.73. The van der Waals surface area contributed by atoms with Gasteiger partial charge < -0.3 is 20.1 Å². The molecule has 0 radical (unpaired) electrons. The minimum absolute atomic E-state index is 0.0563. The number of benzene rings is 2. The summed E-state index contributed by atoms with van der Waals surface area (Å²) in [5, 5.41) is 12.0. The molecular weight excluding hydrogens is 511 g/mol. The molecule has 0 spiro atoms. The van der Waals surface area contributed by atoms with E-state index in [-0.39, 0.29) is 39.9 Å². The first-order valence-corrected chi connectivity index (χ1v) is 10.7. The number of carboxylic acids is 1. The lowest BCUT2D eigenvalue weighted by atomic mass is 10.1. The van der Waals surface area contributed by atoms with Gasteiger partial charge in [0, 0.05) is 17.4 Å². The van der Waals surface area contributed by atoms with Crippen molar-refractivity contribution in [1.82, 2.24) is 4.90 Å². The number of nitrogens with zero attached hydrogens (tertiary/aromatic N) is 1. The van der Waals surface area contributed by atoms with Crippen LogP contribution in [0.4, 0.5) is 5.69 Å². The summed E-state index contributed by atoms with van der Waals surface area (Å²) in [5.41, 5.74) is 1.13. The van der Waals surface area contributed by atoms with Crippen LogP contribution in [0.15, 0.2) is 34.8 Å². The first-order valence-electron chi connectivity index (χ1n) is 9.19. The number of ether oxygens (including phenoxy) is 1. The Morgan fingerprint density at radius 1 is 1.16 bits per heavy atom. The molecule has 2 amide bonds. The van der Waals surface area contributed by atoms with Crippen LogP contribution in [0.2, 0.25) is 10.0 Å². The molecular formula is C21H21BrCl2N2O5. The van der Waals surface area contributed by atoms with Crippen molar-refractivity contribution in [3.8, 4) is 11.5 Å². The molecule has 31 heavy (non-hydrogen) atoms. The highest BCUT2D eigenvalue weighted by Crippen LogP contribution is 2.39. The van der Waals surface area contributed by atoms with Gasteiger partial charge in [-0.2, -0.15) is 0 Å². The molecule has 0 fully saturated rings. The van der Waals surface area contributed by atoms with Gasteiger partial charge >= 0.3 is 5.97 Å². The number of rotatable bonds is 8. The molecule has 0 aliphatic carbocycles. The molecule has 0 unspecified atom stereocenters. The van der Waals surface area contributed by atoms with E-state index in [0.29, 0.717) is 21.5 Å². The number of carbonyl (C=O) groups excluding carboxylic acids is 2. The van der Waals surface area contributed by atoms with E-state index in [9.17, 15) is 14.4 Å². The molecule has 0 bridgehead atoms. The Morgan fingerprint density at radius 2 is 1.77 bits per heavy atom. The Balaban J connectivity index is 2.16. The Hall–Kier alpha value is -2.29. The highest BCUT2D eigenvalue weighted by atomic mass is 79.9. The molecule has 0 saturated heterocycles. The minimum Gasteiger partial charge on any atom is -0.480 e. The fraction of sp³-hybridized carbons (Fsp3) is 0.286. The third kappa shape index (κ3) is 7.12. The monoisotopic (exact) mass is 530 g/mol. The summed E-state index contributed by atoms with van der Waals surface area (Å²) >= 11 is 16.0. The molecule has 10 heteroatoms. The lowest BCUT2D eigenvalue weighted by Gasteiger charge is -2.16. The number of anilines is 1. The van der Waals surface area contributed by atoms with Crippen molar-refractivity contribution in [2.24, 2.45) is 5.92 Å². The summed E-state index contributed by atoms with van der Waals surface area (Å²) in [6.45, 7) is 3.20. The van der Waals surface area contributed by atoms with Gasteiger partial charge in [0.2, 0.25) is 11.8 Å². The first-order chi connectivity index (χ1) is 14.5. The summed E-state index contributed by atoms with van der Waals surface area (Å²) in [6.07, 6.45) is -0.0563. The number of carbonyl (C=O) groups is 3. The summed E-state index contributed by atoms with van der Waals surface area (Å²) in [7, 11) is 1.41. The van der Waals surface area contributed by atoms with Crippen LogP contribution in [0, 0.1) is 5.92 Å². The van der Waals surface area contributed by atoms with Crippen molar-refractivity contribution < 1.29 is 24.2 Å². The number of amides is 2. The maximum Gasteiger partial charge on any atom is 0.323 e. The van der Waals surface area contributed by atoms with Gasteiger partial charge in [-0.1, -0.05) is 37.0 Å². The fourth-order valence-electron chi connectivity index (χ4n) is 2.47. The van der Waals surface area contributed by atoms with E-state index in [0.717, 1.165) is 4.90 Å². The van der Waals surface area contributed by atoms with Crippen LogP contribution in [0.3, 0.4) is 0 Å². The molecule has 0 saturated carbocycles. The van der Waals surface area contributed by atoms with Crippen LogP contribution in [-0.4, -0.2) is 41.4 Å². The number of hydrogen-bond acceptors (Lipinski definition) is 4. The quantitative estimate of drug-likeness (QED) is 0.486. The summed E-state index contributed by atoms with van der Waals surface area (Å²) in [6, 6.07) is 8.10. The molecule has 166 valence electrons. The first kappa shape index (κ1) is 25.0. The van der Waals surface area contributed by atoms with E-state index < -0.39 is 12.5 Å². The van der Waals surface area contributed by atoms with E-state index in [2.05, 4.69) is 21.2 Å². The van der Waals surface area contributed by atoms with Gasteiger partial charge in [-0.3, -0.25) is 14.4 Å². The van der Waals surface area contributed by atoms with Gasteiger partial charge in [0.1, 0.15) is 12.3 Å². The van der Waals surface area contributed by atoms with Gasteiger partial charge in [0.25, 0.3) is 0 Å². The smallest absolute Gasteiger partial charge is 0.323 e. The minimum atomic E-state index is -1.10. The number of nitrogens with one attached hydrogen (secondary N) is 1. The molecule has 0 heterocycles. The van der Waals surface area contributed by atoms with Crippen LogP contribution in [0.25, 0.3) is 0 Å². The van der Waals surface area contributed by atoms with E-state index in [1.54, 1.807) is 44.2 Å². The van der Waals surface area contributed by atoms with E-state index in [4.69, 9.17) is 33.0 Å².